The van der Waals surface area contributed by atoms with Crippen LogP contribution < -0.4 is 16.0 Å². The molecular weight excluding hydrogens is 396 g/mol. The smallest absolute Gasteiger partial charge is 0.326 e. The molecule has 2 aromatic carbocycles. The summed E-state index contributed by atoms with van der Waals surface area (Å²) in [5, 5.41) is 6.53. The number of nitrogens with one attached hydrogen (secondary N) is 2. The molecule has 0 saturated carbocycles. The molecule has 2 amide bonds. The number of H-pyrrole nitrogens is 1. The molecule has 2 unspecified atom stereocenters. The third-order valence-corrected chi connectivity index (χ3v) is 5.71. The van der Waals surface area contributed by atoms with E-state index in [1.807, 2.05) is 24.3 Å². The van der Waals surface area contributed by atoms with Gasteiger partial charge in [0, 0.05) is 29.9 Å². The van der Waals surface area contributed by atoms with Crippen LogP contribution in [-0.2, 0) is 9.59 Å². The molecule has 0 bridgehead atoms. The van der Waals surface area contributed by atoms with Gasteiger partial charge in [0.15, 0.2) is 5.82 Å². The lowest BCUT2D eigenvalue weighted by atomic mass is 9.96. The lowest BCUT2D eigenvalue weighted by Gasteiger charge is -2.23. The first kappa shape index (κ1) is 20.6. The van der Waals surface area contributed by atoms with Crippen LogP contribution in [-0.4, -0.2) is 28.5 Å². The van der Waals surface area contributed by atoms with Crippen LogP contribution >= 0.6 is 0 Å². The molecule has 1 fully saturated rings. The maximum Gasteiger partial charge on any atom is 0.439 e. The molecular formula is C23H24N4O4. The van der Waals surface area contributed by atoms with Crippen LogP contribution in [0.4, 0.5) is 11.4 Å². The van der Waals surface area contributed by atoms with Crippen LogP contribution in [0.1, 0.15) is 38.2 Å². The summed E-state index contributed by atoms with van der Waals surface area (Å²) < 4.78 is 4.53. The summed E-state index contributed by atoms with van der Waals surface area (Å²) in [6, 6.07) is 14.8. The van der Waals surface area contributed by atoms with Crippen molar-refractivity contribution < 1.29 is 14.1 Å². The highest BCUT2D eigenvalue weighted by Gasteiger charge is 2.36. The second kappa shape index (κ2) is 8.59. The summed E-state index contributed by atoms with van der Waals surface area (Å²) in [7, 11) is 0. The molecule has 8 heteroatoms. The van der Waals surface area contributed by atoms with Crippen LogP contribution in [0.25, 0.3) is 11.4 Å². The van der Waals surface area contributed by atoms with Gasteiger partial charge in [-0.3, -0.25) is 19.1 Å². The third kappa shape index (κ3) is 4.28. The molecule has 0 radical (unpaired) electrons. The van der Waals surface area contributed by atoms with Crippen molar-refractivity contribution in [3.63, 3.8) is 0 Å². The van der Waals surface area contributed by atoms with Crippen molar-refractivity contribution in [3.8, 4) is 11.4 Å². The van der Waals surface area contributed by atoms with E-state index in [0.29, 0.717) is 23.7 Å². The number of benzene rings is 2. The van der Waals surface area contributed by atoms with E-state index in [2.05, 4.69) is 33.8 Å². The van der Waals surface area contributed by atoms with Gasteiger partial charge in [0.25, 0.3) is 0 Å². The van der Waals surface area contributed by atoms with E-state index in [0.717, 1.165) is 17.7 Å². The molecule has 0 spiro atoms. The van der Waals surface area contributed by atoms with Crippen LogP contribution in [0.15, 0.2) is 57.8 Å². The highest BCUT2D eigenvalue weighted by molar-refractivity contribution is 6.04. The molecule has 2 atom stereocenters. The number of carbonyl (C=O) groups excluding carboxylic acids is 2. The average molecular weight is 420 g/mol. The molecule has 4 rings (SSSR count). The van der Waals surface area contributed by atoms with Crippen molar-refractivity contribution in [2.45, 2.75) is 32.6 Å². The fraction of sp³-hybridized carbons (Fsp3) is 0.304. The van der Waals surface area contributed by atoms with E-state index in [4.69, 9.17) is 0 Å². The van der Waals surface area contributed by atoms with Crippen molar-refractivity contribution in [1.82, 2.24) is 10.1 Å². The predicted molar refractivity (Wildman–Crippen MR) is 117 cm³/mol. The van der Waals surface area contributed by atoms with Crippen molar-refractivity contribution >= 4 is 23.2 Å². The van der Waals surface area contributed by atoms with Crippen LogP contribution in [0.2, 0.25) is 0 Å². The number of aromatic amines is 1. The van der Waals surface area contributed by atoms with E-state index in [1.54, 1.807) is 29.2 Å². The van der Waals surface area contributed by atoms with Crippen LogP contribution in [0.5, 0.6) is 0 Å². The summed E-state index contributed by atoms with van der Waals surface area (Å²) >= 11 is 0. The molecule has 0 aliphatic carbocycles. The number of anilines is 2. The summed E-state index contributed by atoms with van der Waals surface area (Å²) in [5.74, 6) is -0.764. The fourth-order valence-corrected chi connectivity index (χ4v) is 3.83. The largest absolute Gasteiger partial charge is 0.439 e. The minimum Gasteiger partial charge on any atom is -0.326 e. The minimum absolute atomic E-state index is 0.0511. The Kier molecular flexibility index (Phi) is 5.70. The third-order valence-electron chi connectivity index (χ3n) is 5.71. The standard InChI is InChI=1S/C23H24N4O4/c1-3-14(2)18-9-4-5-10-19(18)27-13-16(12-20(27)28)22(29)24-17-8-6-7-15(11-17)21-25-23(30)31-26-21/h4-11,14,16H,3,12-13H2,1-2H3,(H,24,29)(H,25,26,30). The maximum absolute atomic E-state index is 12.9. The quantitative estimate of drug-likeness (QED) is 0.634. The maximum atomic E-state index is 12.9. The molecule has 8 nitrogen and oxygen atoms in total. The van der Waals surface area contributed by atoms with E-state index in [1.165, 1.54) is 0 Å². The van der Waals surface area contributed by atoms with Crippen molar-refractivity contribution in [2.75, 3.05) is 16.8 Å². The summed E-state index contributed by atoms with van der Waals surface area (Å²) in [4.78, 5) is 41.0. The minimum atomic E-state index is -0.647. The topological polar surface area (TPSA) is 108 Å². The second-order valence-corrected chi connectivity index (χ2v) is 7.79. The Morgan fingerprint density at radius 3 is 2.81 bits per heavy atom. The lowest BCUT2D eigenvalue weighted by molar-refractivity contribution is -0.122. The lowest BCUT2D eigenvalue weighted by Crippen LogP contribution is -2.29. The Balaban J connectivity index is 1.49. The number of amides is 2. The Hall–Kier alpha value is -3.68. The number of aromatic nitrogens is 2. The first-order chi connectivity index (χ1) is 15.0. The van der Waals surface area contributed by atoms with Gasteiger partial charge in [-0.05, 0) is 36.1 Å². The van der Waals surface area contributed by atoms with Gasteiger partial charge >= 0.3 is 5.76 Å². The summed E-state index contributed by atoms with van der Waals surface area (Å²) in [6.07, 6.45) is 1.13. The number of nitrogens with zero attached hydrogens (tertiary/aromatic N) is 2. The first-order valence-electron chi connectivity index (χ1n) is 10.3. The number of hydrogen-bond donors (Lipinski definition) is 2. The zero-order chi connectivity index (χ0) is 22.0. The van der Waals surface area contributed by atoms with Gasteiger partial charge in [0.05, 0.1) is 5.92 Å². The Morgan fingerprint density at radius 2 is 2.06 bits per heavy atom. The fourth-order valence-electron chi connectivity index (χ4n) is 3.83. The molecule has 1 aliphatic rings. The first-order valence-corrected chi connectivity index (χ1v) is 10.3. The van der Waals surface area contributed by atoms with Gasteiger partial charge in [0.1, 0.15) is 0 Å². The average Bonchev–Trinajstić information content (AvgIpc) is 3.39. The van der Waals surface area contributed by atoms with E-state index in [-0.39, 0.29) is 24.1 Å². The van der Waals surface area contributed by atoms with Crippen LogP contribution in [0.3, 0.4) is 0 Å². The van der Waals surface area contributed by atoms with Gasteiger partial charge < -0.3 is 10.2 Å². The van der Waals surface area contributed by atoms with Crippen LogP contribution in [0, 0.1) is 5.92 Å². The second-order valence-electron chi connectivity index (χ2n) is 7.79. The normalized spacial score (nSPS) is 17.0. The van der Waals surface area contributed by atoms with E-state index in [9.17, 15) is 14.4 Å². The van der Waals surface area contributed by atoms with Gasteiger partial charge in [-0.15, -0.1) is 0 Å². The van der Waals surface area contributed by atoms with Gasteiger partial charge in [-0.2, -0.15) is 0 Å². The molecule has 3 aromatic rings. The Bertz CT molecular complexity index is 1170. The summed E-state index contributed by atoms with van der Waals surface area (Å²) in [5.41, 5.74) is 3.16. The Labute approximate surface area is 179 Å². The van der Waals surface area contributed by atoms with Gasteiger partial charge in [-0.1, -0.05) is 49.3 Å². The zero-order valence-corrected chi connectivity index (χ0v) is 17.4. The van der Waals surface area contributed by atoms with E-state index >= 15 is 0 Å². The monoisotopic (exact) mass is 420 g/mol. The number of carbonyl (C=O) groups is 2. The van der Waals surface area contributed by atoms with Crippen molar-refractivity contribution in [1.29, 1.82) is 0 Å². The Morgan fingerprint density at radius 1 is 1.26 bits per heavy atom. The number of rotatable bonds is 6. The van der Waals surface area contributed by atoms with Gasteiger partial charge in [0.2, 0.25) is 11.8 Å². The molecule has 31 heavy (non-hydrogen) atoms. The summed E-state index contributed by atoms with van der Waals surface area (Å²) in [6.45, 7) is 4.60. The van der Waals surface area contributed by atoms with Crippen molar-refractivity contribution in [3.05, 3.63) is 64.6 Å². The number of hydrogen-bond acceptors (Lipinski definition) is 5. The number of para-hydroxylation sites is 1. The highest BCUT2D eigenvalue weighted by atomic mass is 16.5. The van der Waals surface area contributed by atoms with Gasteiger partial charge in [-0.25, -0.2) is 4.79 Å². The highest BCUT2D eigenvalue weighted by Crippen LogP contribution is 2.33. The molecule has 160 valence electrons. The molecule has 2 N–H and O–H groups in total. The van der Waals surface area contributed by atoms with Crippen molar-refractivity contribution in [2.24, 2.45) is 5.92 Å². The van der Waals surface area contributed by atoms with E-state index < -0.39 is 11.7 Å². The predicted octanol–water partition coefficient (Wildman–Crippen LogP) is 3.54. The molecule has 1 aliphatic heterocycles. The zero-order valence-electron chi connectivity index (χ0n) is 17.4. The SMILES string of the molecule is CCC(C)c1ccccc1N1CC(C(=O)Nc2cccc(-c3noc(=O)[nH]3)c2)CC1=O. The molecule has 2 heterocycles. The molecule has 1 aromatic heterocycles. The molecule has 1 saturated heterocycles.